The van der Waals surface area contributed by atoms with E-state index in [9.17, 15) is 14.7 Å². The van der Waals surface area contributed by atoms with Crippen LogP contribution in [-0.2, 0) is 16.1 Å². The number of carboxylic acid groups (broad SMARTS) is 1. The summed E-state index contributed by atoms with van der Waals surface area (Å²) in [4.78, 5) is 25.3. The van der Waals surface area contributed by atoms with Crippen molar-refractivity contribution in [1.29, 1.82) is 0 Å². The molecule has 6 heteroatoms. The van der Waals surface area contributed by atoms with Crippen LogP contribution in [0.25, 0.3) is 0 Å². The summed E-state index contributed by atoms with van der Waals surface area (Å²) >= 11 is 0. The molecule has 0 spiro atoms. The van der Waals surface area contributed by atoms with Crippen molar-refractivity contribution < 1.29 is 19.4 Å². The molecule has 0 atom stereocenters. The number of nitrogens with zero attached hydrogens (tertiary/aromatic N) is 2. The monoisotopic (exact) mass is 282 g/mol. The van der Waals surface area contributed by atoms with Crippen molar-refractivity contribution in [2.75, 3.05) is 20.3 Å². The average Bonchev–Trinajstić information content (AvgIpc) is 2.84. The number of aliphatic carboxylic acids is 1. The average molecular weight is 282 g/mol. The van der Waals surface area contributed by atoms with Gasteiger partial charge in [-0.1, -0.05) is 0 Å². The van der Waals surface area contributed by atoms with Crippen molar-refractivity contribution in [2.45, 2.75) is 32.9 Å². The van der Waals surface area contributed by atoms with Gasteiger partial charge in [-0.25, -0.2) is 4.79 Å². The number of ether oxygens (including phenoxy) is 1. The lowest BCUT2D eigenvalue weighted by molar-refractivity contribution is -0.147. The number of carbonyl (C=O) groups excluding carboxylic acids is 1. The van der Waals surface area contributed by atoms with E-state index < -0.39 is 11.5 Å². The third-order valence-electron chi connectivity index (χ3n) is 3.34. The fourth-order valence-corrected chi connectivity index (χ4v) is 2.04. The number of hydrogen-bond acceptors (Lipinski definition) is 3. The lowest BCUT2D eigenvalue weighted by Crippen LogP contribution is -2.53. The van der Waals surface area contributed by atoms with Gasteiger partial charge in [0.15, 0.2) is 0 Å². The highest BCUT2D eigenvalue weighted by Crippen LogP contribution is 2.18. The van der Waals surface area contributed by atoms with Gasteiger partial charge in [0.2, 0.25) is 0 Å². The SMILES string of the molecule is CCN(C(=O)c1cccn1CCOC)C(C)(C)C(=O)O. The molecule has 1 heterocycles. The van der Waals surface area contributed by atoms with Gasteiger partial charge in [-0.15, -0.1) is 0 Å². The number of aromatic nitrogens is 1. The summed E-state index contributed by atoms with van der Waals surface area (Å²) in [6.07, 6.45) is 1.79. The van der Waals surface area contributed by atoms with Gasteiger partial charge >= 0.3 is 5.97 Å². The molecule has 0 radical (unpaired) electrons. The van der Waals surface area contributed by atoms with Crippen molar-refractivity contribution in [3.63, 3.8) is 0 Å². The number of methoxy groups -OCH3 is 1. The van der Waals surface area contributed by atoms with Crippen LogP contribution in [0, 0.1) is 0 Å². The molecule has 1 aromatic heterocycles. The van der Waals surface area contributed by atoms with Crippen LogP contribution in [0.4, 0.5) is 0 Å². The first-order valence-corrected chi connectivity index (χ1v) is 6.55. The largest absolute Gasteiger partial charge is 0.480 e. The van der Waals surface area contributed by atoms with Crippen LogP contribution in [0.15, 0.2) is 18.3 Å². The zero-order valence-electron chi connectivity index (χ0n) is 12.4. The fourth-order valence-electron chi connectivity index (χ4n) is 2.04. The normalized spacial score (nSPS) is 11.4. The summed E-state index contributed by atoms with van der Waals surface area (Å²) in [5.41, 5.74) is -0.777. The van der Waals surface area contributed by atoms with Crippen molar-refractivity contribution in [3.8, 4) is 0 Å². The minimum Gasteiger partial charge on any atom is -0.480 e. The Morgan fingerprint density at radius 1 is 1.45 bits per heavy atom. The molecule has 112 valence electrons. The van der Waals surface area contributed by atoms with Crippen LogP contribution in [0.3, 0.4) is 0 Å². The van der Waals surface area contributed by atoms with Gasteiger partial charge in [-0.05, 0) is 32.9 Å². The predicted octanol–water partition coefficient (Wildman–Crippen LogP) is 1.46. The van der Waals surface area contributed by atoms with E-state index in [2.05, 4.69) is 0 Å². The Morgan fingerprint density at radius 2 is 2.10 bits per heavy atom. The zero-order valence-corrected chi connectivity index (χ0v) is 12.4. The Balaban J connectivity index is 3.03. The van der Waals surface area contributed by atoms with Gasteiger partial charge in [0, 0.05) is 26.4 Å². The van der Waals surface area contributed by atoms with E-state index in [0.717, 1.165) is 0 Å². The topological polar surface area (TPSA) is 71.8 Å². The van der Waals surface area contributed by atoms with Crippen LogP contribution in [0.1, 0.15) is 31.3 Å². The van der Waals surface area contributed by atoms with Gasteiger partial charge in [-0.3, -0.25) is 4.79 Å². The molecule has 1 rings (SSSR count). The van der Waals surface area contributed by atoms with Crippen molar-refractivity contribution in [1.82, 2.24) is 9.47 Å². The lowest BCUT2D eigenvalue weighted by Gasteiger charge is -2.34. The third-order valence-corrected chi connectivity index (χ3v) is 3.34. The molecule has 0 aliphatic rings. The number of rotatable bonds is 7. The molecular weight excluding hydrogens is 260 g/mol. The molecule has 1 aromatic rings. The maximum absolute atomic E-state index is 12.6. The van der Waals surface area contributed by atoms with E-state index in [1.807, 2.05) is 0 Å². The third kappa shape index (κ3) is 3.19. The van der Waals surface area contributed by atoms with E-state index in [4.69, 9.17) is 4.74 Å². The molecule has 0 saturated carbocycles. The number of hydrogen-bond donors (Lipinski definition) is 1. The molecule has 6 nitrogen and oxygen atoms in total. The molecule has 1 N–H and O–H groups in total. The Kier molecular flexibility index (Phi) is 5.33. The molecule has 0 aromatic carbocycles. The molecule has 0 fully saturated rings. The quantitative estimate of drug-likeness (QED) is 0.822. The van der Waals surface area contributed by atoms with Gasteiger partial charge in [0.25, 0.3) is 5.91 Å². The standard InChI is InChI=1S/C14H22N2O4/c1-5-16(14(2,3)13(18)19)12(17)11-7-6-8-15(11)9-10-20-4/h6-8H,5,9-10H2,1-4H3,(H,18,19). The molecule has 0 saturated heterocycles. The highest BCUT2D eigenvalue weighted by Gasteiger charge is 2.37. The summed E-state index contributed by atoms with van der Waals surface area (Å²) in [6, 6.07) is 3.46. The smallest absolute Gasteiger partial charge is 0.329 e. The van der Waals surface area contributed by atoms with Crippen molar-refractivity contribution in [3.05, 3.63) is 24.0 Å². The molecule has 0 bridgehead atoms. The van der Waals surface area contributed by atoms with E-state index in [-0.39, 0.29) is 5.91 Å². The highest BCUT2D eigenvalue weighted by molar-refractivity contribution is 5.96. The second-order valence-electron chi connectivity index (χ2n) is 4.99. The summed E-state index contributed by atoms with van der Waals surface area (Å²) < 4.78 is 6.77. The first kappa shape index (κ1) is 16.2. The fraction of sp³-hybridized carbons (Fsp3) is 0.571. The Bertz CT molecular complexity index is 479. The van der Waals surface area contributed by atoms with Crippen molar-refractivity contribution >= 4 is 11.9 Å². The summed E-state index contributed by atoms with van der Waals surface area (Å²) in [7, 11) is 1.59. The number of carbonyl (C=O) groups is 2. The predicted molar refractivity (Wildman–Crippen MR) is 74.7 cm³/mol. The molecule has 0 aliphatic heterocycles. The minimum atomic E-state index is -1.25. The Labute approximate surface area is 118 Å². The molecular formula is C14H22N2O4. The second-order valence-corrected chi connectivity index (χ2v) is 4.99. The molecule has 1 amide bonds. The van der Waals surface area contributed by atoms with E-state index in [0.29, 0.717) is 25.4 Å². The number of carboxylic acids is 1. The second kappa shape index (κ2) is 6.56. The van der Waals surface area contributed by atoms with E-state index in [1.165, 1.54) is 18.7 Å². The van der Waals surface area contributed by atoms with Gasteiger partial charge < -0.3 is 19.3 Å². The highest BCUT2D eigenvalue weighted by atomic mass is 16.5. The zero-order chi connectivity index (χ0) is 15.3. The van der Waals surface area contributed by atoms with Crippen LogP contribution in [-0.4, -0.2) is 52.3 Å². The van der Waals surface area contributed by atoms with Crippen LogP contribution in [0.5, 0.6) is 0 Å². The molecule has 0 aliphatic carbocycles. The van der Waals surface area contributed by atoms with Crippen LogP contribution in [0.2, 0.25) is 0 Å². The lowest BCUT2D eigenvalue weighted by atomic mass is 10.0. The summed E-state index contributed by atoms with van der Waals surface area (Å²) in [5, 5.41) is 9.28. The van der Waals surface area contributed by atoms with Crippen LogP contribution >= 0.6 is 0 Å². The first-order chi connectivity index (χ1) is 9.36. The number of amides is 1. The maximum Gasteiger partial charge on any atom is 0.329 e. The van der Waals surface area contributed by atoms with Crippen molar-refractivity contribution in [2.24, 2.45) is 0 Å². The Hall–Kier alpha value is -1.82. The maximum atomic E-state index is 12.6. The minimum absolute atomic E-state index is 0.291. The van der Waals surface area contributed by atoms with E-state index >= 15 is 0 Å². The van der Waals surface area contributed by atoms with Crippen LogP contribution < -0.4 is 0 Å². The van der Waals surface area contributed by atoms with Gasteiger partial charge in [-0.2, -0.15) is 0 Å². The number of likely N-dealkylation sites (N-methyl/N-ethyl adjacent to an activating group) is 1. The Morgan fingerprint density at radius 3 is 2.60 bits per heavy atom. The summed E-state index contributed by atoms with van der Waals surface area (Å²) in [5.74, 6) is -1.32. The summed E-state index contributed by atoms with van der Waals surface area (Å²) in [6.45, 7) is 6.19. The van der Waals surface area contributed by atoms with Gasteiger partial charge in [0.1, 0.15) is 11.2 Å². The van der Waals surface area contributed by atoms with E-state index in [1.54, 1.807) is 36.9 Å². The van der Waals surface area contributed by atoms with Gasteiger partial charge in [0.05, 0.1) is 6.61 Å². The molecule has 0 unspecified atom stereocenters. The first-order valence-electron chi connectivity index (χ1n) is 6.55. The molecule has 20 heavy (non-hydrogen) atoms.